The standard InChI is InChI=1S/C12H11NO4S/c1-13-11(15)10(18-12(13)16)6-7-3-4-9(17-2)8(14)5-7/h3-6,14H,1-2H3/b10-6-. The topological polar surface area (TPSA) is 66.8 Å². The molecule has 1 heterocycles. The maximum Gasteiger partial charge on any atom is 0.293 e. The number of thioether (sulfide) groups is 1. The molecule has 0 saturated carbocycles. The minimum atomic E-state index is -0.333. The van der Waals surface area contributed by atoms with Crippen LogP contribution in [0.4, 0.5) is 4.79 Å². The van der Waals surface area contributed by atoms with Crippen molar-refractivity contribution in [3.63, 3.8) is 0 Å². The van der Waals surface area contributed by atoms with Crippen molar-refractivity contribution in [3.8, 4) is 11.5 Å². The molecule has 0 aliphatic carbocycles. The van der Waals surface area contributed by atoms with E-state index in [1.54, 1.807) is 18.2 Å². The number of benzene rings is 1. The van der Waals surface area contributed by atoms with Crippen LogP contribution in [0, 0.1) is 0 Å². The number of amides is 2. The first-order chi connectivity index (χ1) is 8.52. The fourth-order valence-electron chi connectivity index (χ4n) is 1.49. The highest BCUT2D eigenvalue weighted by molar-refractivity contribution is 8.18. The number of imide groups is 1. The number of carbonyl (C=O) groups is 2. The third-order valence-electron chi connectivity index (χ3n) is 2.49. The minimum absolute atomic E-state index is 0.0121. The minimum Gasteiger partial charge on any atom is -0.504 e. The van der Waals surface area contributed by atoms with Gasteiger partial charge in [0.2, 0.25) is 0 Å². The number of phenols is 1. The Morgan fingerprint density at radius 3 is 2.61 bits per heavy atom. The van der Waals surface area contributed by atoms with Gasteiger partial charge in [0.15, 0.2) is 11.5 Å². The largest absolute Gasteiger partial charge is 0.504 e. The number of carbonyl (C=O) groups excluding carboxylic acids is 2. The molecule has 18 heavy (non-hydrogen) atoms. The Hall–Kier alpha value is -1.95. The van der Waals surface area contributed by atoms with E-state index >= 15 is 0 Å². The molecular weight excluding hydrogens is 254 g/mol. The molecule has 94 valence electrons. The average molecular weight is 265 g/mol. The summed E-state index contributed by atoms with van der Waals surface area (Å²) in [5.41, 5.74) is 0.632. The summed E-state index contributed by atoms with van der Waals surface area (Å²) in [4.78, 5) is 24.4. The summed E-state index contributed by atoms with van der Waals surface area (Å²) in [6.07, 6.45) is 1.56. The predicted molar refractivity (Wildman–Crippen MR) is 68.4 cm³/mol. The zero-order valence-electron chi connectivity index (χ0n) is 9.84. The highest BCUT2D eigenvalue weighted by Crippen LogP contribution is 2.33. The van der Waals surface area contributed by atoms with Gasteiger partial charge in [-0.05, 0) is 35.5 Å². The molecule has 0 aromatic heterocycles. The first-order valence-corrected chi connectivity index (χ1v) is 5.93. The van der Waals surface area contributed by atoms with Crippen LogP contribution in [0.25, 0.3) is 6.08 Å². The fraction of sp³-hybridized carbons (Fsp3) is 0.167. The van der Waals surface area contributed by atoms with E-state index in [-0.39, 0.29) is 16.9 Å². The highest BCUT2D eigenvalue weighted by atomic mass is 32.2. The van der Waals surface area contributed by atoms with Gasteiger partial charge in [-0.25, -0.2) is 0 Å². The Morgan fingerprint density at radius 2 is 2.11 bits per heavy atom. The number of nitrogens with zero attached hydrogens (tertiary/aromatic N) is 1. The Bertz CT molecular complexity index is 553. The van der Waals surface area contributed by atoms with Gasteiger partial charge in [0.1, 0.15) is 0 Å². The summed E-state index contributed by atoms with van der Waals surface area (Å²) in [5.74, 6) is 0.0121. The van der Waals surface area contributed by atoms with E-state index in [2.05, 4.69) is 0 Å². The van der Waals surface area contributed by atoms with Crippen LogP contribution in [0.2, 0.25) is 0 Å². The van der Waals surface area contributed by atoms with Gasteiger partial charge >= 0.3 is 0 Å². The molecule has 0 bridgehead atoms. The quantitative estimate of drug-likeness (QED) is 0.829. The number of hydrogen-bond acceptors (Lipinski definition) is 5. The lowest BCUT2D eigenvalue weighted by Gasteiger charge is -2.04. The van der Waals surface area contributed by atoms with Crippen LogP contribution in [0.1, 0.15) is 5.56 Å². The summed E-state index contributed by atoms with van der Waals surface area (Å²) in [5, 5.41) is 9.31. The number of rotatable bonds is 2. The first-order valence-electron chi connectivity index (χ1n) is 5.11. The van der Waals surface area contributed by atoms with Gasteiger partial charge in [0, 0.05) is 7.05 Å². The normalized spacial score (nSPS) is 17.7. The van der Waals surface area contributed by atoms with Gasteiger partial charge in [-0.2, -0.15) is 0 Å². The van der Waals surface area contributed by atoms with Gasteiger partial charge in [-0.15, -0.1) is 0 Å². The molecule has 0 unspecified atom stereocenters. The van der Waals surface area contributed by atoms with Crippen LogP contribution in [0.5, 0.6) is 11.5 Å². The molecule has 1 aliphatic rings. The highest BCUT2D eigenvalue weighted by Gasteiger charge is 2.31. The molecule has 2 rings (SSSR count). The number of likely N-dealkylation sites (N-methyl/N-ethyl adjacent to an activating group) is 1. The summed E-state index contributed by atoms with van der Waals surface area (Å²) in [6.45, 7) is 0. The van der Waals surface area contributed by atoms with Crippen molar-refractivity contribution >= 4 is 29.0 Å². The SMILES string of the molecule is COc1ccc(/C=C2\SC(=O)N(C)C2=O)cc1O. The summed E-state index contributed by atoms with van der Waals surface area (Å²) >= 11 is 0.878. The summed E-state index contributed by atoms with van der Waals surface area (Å²) in [7, 11) is 2.89. The van der Waals surface area contributed by atoms with E-state index in [0.29, 0.717) is 16.2 Å². The zero-order chi connectivity index (χ0) is 13.3. The lowest BCUT2D eigenvalue weighted by Crippen LogP contribution is -2.22. The molecule has 0 spiro atoms. The van der Waals surface area contributed by atoms with Crippen LogP contribution < -0.4 is 4.74 Å². The first kappa shape index (κ1) is 12.5. The Balaban J connectivity index is 2.32. The number of aromatic hydroxyl groups is 1. The number of methoxy groups -OCH3 is 1. The zero-order valence-corrected chi connectivity index (χ0v) is 10.7. The monoisotopic (exact) mass is 265 g/mol. The van der Waals surface area contributed by atoms with E-state index in [1.165, 1.54) is 20.2 Å². The van der Waals surface area contributed by atoms with Gasteiger partial charge in [0.25, 0.3) is 11.1 Å². The molecule has 1 N–H and O–H groups in total. The molecule has 5 nitrogen and oxygen atoms in total. The van der Waals surface area contributed by atoms with Crippen LogP contribution in [-0.4, -0.2) is 35.3 Å². The van der Waals surface area contributed by atoms with Crippen molar-refractivity contribution < 1.29 is 19.4 Å². The average Bonchev–Trinajstić information content (AvgIpc) is 2.57. The predicted octanol–water partition coefficient (Wildman–Crippen LogP) is 2.07. The molecular formula is C12H11NO4S. The Kier molecular flexibility index (Phi) is 3.29. The smallest absolute Gasteiger partial charge is 0.293 e. The van der Waals surface area contributed by atoms with Crippen molar-refractivity contribution in [2.45, 2.75) is 0 Å². The molecule has 1 aromatic carbocycles. The van der Waals surface area contributed by atoms with Crippen molar-refractivity contribution in [1.29, 1.82) is 0 Å². The fourth-order valence-corrected chi connectivity index (χ4v) is 2.32. The number of ether oxygens (including phenoxy) is 1. The van der Waals surface area contributed by atoms with Crippen molar-refractivity contribution in [2.24, 2.45) is 0 Å². The Labute approximate surface area is 108 Å². The molecule has 1 aromatic rings. The maximum absolute atomic E-state index is 11.7. The maximum atomic E-state index is 11.7. The number of hydrogen-bond donors (Lipinski definition) is 1. The van der Waals surface area contributed by atoms with Crippen molar-refractivity contribution in [3.05, 3.63) is 28.7 Å². The van der Waals surface area contributed by atoms with Gasteiger partial charge in [0.05, 0.1) is 12.0 Å². The third kappa shape index (κ3) is 2.19. The van der Waals surface area contributed by atoms with E-state index in [9.17, 15) is 14.7 Å². The second kappa shape index (κ2) is 4.73. The summed E-state index contributed by atoms with van der Waals surface area (Å²) < 4.78 is 4.92. The number of phenolic OH excluding ortho intramolecular Hbond substituents is 1. The van der Waals surface area contributed by atoms with Crippen LogP contribution in [-0.2, 0) is 4.79 Å². The van der Waals surface area contributed by atoms with Crippen molar-refractivity contribution in [1.82, 2.24) is 4.90 Å². The molecule has 1 saturated heterocycles. The van der Waals surface area contributed by atoms with Gasteiger partial charge in [-0.3, -0.25) is 14.5 Å². The van der Waals surface area contributed by atoms with E-state index in [4.69, 9.17) is 4.74 Å². The second-order valence-electron chi connectivity index (χ2n) is 3.67. The van der Waals surface area contributed by atoms with Gasteiger partial charge in [-0.1, -0.05) is 6.07 Å². The van der Waals surface area contributed by atoms with Crippen LogP contribution in [0.3, 0.4) is 0 Å². The van der Waals surface area contributed by atoms with E-state index in [1.807, 2.05) is 0 Å². The van der Waals surface area contributed by atoms with E-state index in [0.717, 1.165) is 16.7 Å². The van der Waals surface area contributed by atoms with Crippen molar-refractivity contribution in [2.75, 3.05) is 14.2 Å². The lowest BCUT2D eigenvalue weighted by molar-refractivity contribution is -0.121. The third-order valence-corrected chi connectivity index (χ3v) is 3.45. The summed E-state index contributed by atoms with van der Waals surface area (Å²) in [6, 6.07) is 4.77. The molecule has 1 aliphatic heterocycles. The molecule has 0 atom stereocenters. The molecule has 6 heteroatoms. The Morgan fingerprint density at radius 1 is 1.39 bits per heavy atom. The molecule has 1 fully saturated rings. The van der Waals surface area contributed by atoms with Gasteiger partial charge < -0.3 is 9.84 Å². The molecule has 0 radical (unpaired) electrons. The molecule has 2 amide bonds. The second-order valence-corrected chi connectivity index (χ2v) is 4.67. The van der Waals surface area contributed by atoms with Crippen LogP contribution in [0.15, 0.2) is 23.1 Å². The van der Waals surface area contributed by atoms with Crippen LogP contribution >= 0.6 is 11.8 Å². The lowest BCUT2D eigenvalue weighted by atomic mass is 10.2. The van der Waals surface area contributed by atoms with E-state index < -0.39 is 0 Å².